The van der Waals surface area contributed by atoms with E-state index in [0.717, 1.165) is 19.8 Å². The van der Waals surface area contributed by atoms with E-state index in [-0.39, 0.29) is 0 Å². The van der Waals surface area contributed by atoms with Gasteiger partial charge < -0.3 is 22.2 Å². The highest BCUT2D eigenvalue weighted by molar-refractivity contribution is 7.08. The van der Waals surface area contributed by atoms with E-state index in [1.54, 1.807) is 0 Å². The molecule has 104 valence electrons. The molecule has 1 heterocycles. The predicted molar refractivity (Wildman–Crippen MR) is 65.8 cm³/mol. The van der Waals surface area contributed by atoms with Gasteiger partial charge in [-0.1, -0.05) is 6.92 Å². The molecule has 0 saturated carbocycles. The van der Waals surface area contributed by atoms with Crippen LogP contribution in [0.3, 0.4) is 0 Å². The SMILES string of the molecule is CCCOC[N+]1(CC)CCCC1.F[B-](F)(F)Cl. The number of likely N-dealkylation sites (tertiary alicyclic amines) is 1. The van der Waals surface area contributed by atoms with E-state index in [0.29, 0.717) is 0 Å². The lowest BCUT2D eigenvalue weighted by Crippen LogP contribution is -2.46. The Hall–Kier alpha value is 0.0649. The van der Waals surface area contributed by atoms with Crippen molar-refractivity contribution in [1.82, 2.24) is 0 Å². The fourth-order valence-corrected chi connectivity index (χ4v) is 1.95. The molecule has 0 bridgehead atoms. The van der Waals surface area contributed by atoms with Crippen LogP contribution in [0.15, 0.2) is 0 Å². The minimum absolute atomic E-state index is 0.931. The Morgan fingerprint density at radius 1 is 1.18 bits per heavy atom. The maximum atomic E-state index is 10.2. The summed E-state index contributed by atoms with van der Waals surface area (Å²) < 4.78 is 37.4. The van der Waals surface area contributed by atoms with Crippen LogP contribution in [-0.2, 0) is 4.74 Å². The third-order valence-corrected chi connectivity index (χ3v) is 2.90. The fourth-order valence-electron chi connectivity index (χ4n) is 1.95. The van der Waals surface area contributed by atoms with Crippen molar-refractivity contribution >= 4 is 17.9 Å². The molecule has 0 amide bonds. The number of hydrogen-bond donors (Lipinski definition) is 0. The number of ether oxygens (including phenoxy) is 1. The average Bonchev–Trinajstić information content (AvgIpc) is 2.65. The number of halogens is 4. The third-order valence-electron chi connectivity index (χ3n) is 2.90. The van der Waals surface area contributed by atoms with Gasteiger partial charge in [-0.3, -0.25) is 11.5 Å². The van der Waals surface area contributed by atoms with E-state index in [2.05, 4.69) is 25.3 Å². The van der Waals surface area contributed by atoms with E-state index < -0.39 is 6.39 Å². The maximum absolute atomic E-state index is 10.2. The van der Waals surface area contributed by atoms with Crippen LogP contribution in [0.1, 0.15) is 33.1 Å². The summed E-state index contributed by atoms with van der Waals surface area (Å²) in [6.45, 7) is 10.2. The molecule has 1 fully saturated rings. The lowest BCUT2D eigenvalue weighted by molar-refractivity contribution is -0.933. The normalized spacial score (nSPS) is 18.7. The Morgan fingerprint density at radius 3 is 2.00 bits per heavy atom. The second kappa shape index (κ2) is 8.22. The maximum Gasteiger partial charge on any atom is 0.576 e. The minimum Gasteiger partial charge on any atom is -0.435 e. The van der Waals surface area contributed by atoms with Crippen LogP contribution in [-0.4, -0.2) is 43.8 Å². The van der Waals surface area contributed by atoms with Crippen LogP contribution in [0.5, 0.6) is 0 Å². The first kappa shape index (κ1) is 17.1. The molecule has 17 heavy (non-hydrogen) atoms. The van der Waals surface area contributed by atoms with Gasteiger partial charge in [-0.15, -0.1) is 0 Å². The van der Waals surface area contributed by atoms with Crippen molar-refractivity contribution in [1.29, 1.82) is 0 Å². The van der Waals surface area contributed by atoms with Gasteiger partial charge in [0.2, 0.25) is 0 Å². The van der Waals surface area contributed by atoms with Gasteiger partial charge in [0.25, 0.3) is 0 Å². The first-order chi connectivity index (χ1) is 7.83. The number of rotatable bonds is 5. The molecule has 0 radical (unpaired) electrons. The second-order valence-corrected chi connectivity index (χ2v) is 4.84. The van der Waals surface area contributed by atoms with Crippen molar-refractivity contribution in [2.24, 2.45) is 0 Å². The fraction of sp³-hybridized carbons (Fsp3) is 1.00. The van der Waals surface area contributed by atoms with Crippen LogP contribution in [0, 0.1) is 0 Å². The van der Waals surface area contributed by atoms with Gasteiger partial charge in [0, 0.05) is 12.8 Å². The minimum atomic E-state index is -5.03. The van der Waals surface area contributed by atoms with Gasteiger partial charge in [-0.05, 0) is 13.3 Å². The Labute approximate surface area is 107 Å². The highest BCUT2D eigenvalue weighted by atomic mass is 35.5. The van der Waals surface area contributed by atoms with E-state index >= 15 is 0 Å². The second-order valence-electron chi connectivity index (χ2n) is 4.34. The van der Waals surface area contributed by atoms with Crippen LogP contribution < -0.4 is 0 Å². The Kier molecular flexibility index (Phi) is 8.25. The standard InChI is InChI=1S/C10H22NO.BClF3/c1-3-9-12-10-11(4-2)7-5-6-8-11;2-1(3,4)5/h3-10H2,1-2H3;/q+1;-1. The molecule has 7 heteroatoms. The molecule has 0 spiro atoms. The van der Waals surface area contributed by atoms with E-state index in [4.69, 9.17) is 4.74 Å². The summed E-state index contributed by atoms with van der Waals surface area (Å²) in [7, 11) is 0. The topological polar surface area (TPSA) is 9.23 Å². The molecule has 0 N–H and O–H groups in total. The number of hydrogen-bond acceptors (Lipinski definition) is 1. The van der Waals surface area contributed by atoms with Crippen LogP contribution in [0.4, 0.5) is 12.9 Å². The molecule has 0 aliphatic carbocycles. The van der Waals surface area contributed by atoms with Crippen molar-refractivity contribution in [3.8, 4) is 0 Å². The largest absolute Gasteiger partial charge is 0.576 e. The van der Waals surface area contributed by atoms with Crippen molar-refractivity contribution < 1.29 is 22.2 Å². The van der Waals surface area contributed by atoms with Crippen molar-refractivity contribution in [2.45, 2.75) is 33.1 Å². The van der Waals surface area contributed by atoms with Crippen LogP contribution in [0.2, 0.25) is 0 Å². The summed E-state index contributed by atoms with van der Waals surface area (Å²) in [6.07, 6.45) is -1.10. The van der Waals surface area contributed by atoms with E-state index in [1.165, 1.54) is 37.0 Å². The molecular formula is C10H22BClF3NO. The zero-order chi connectivity index (χ0) is 13.4. The van der Waals surface area contributed by atoms with E-state index in [9.17, 15) is 12.9 Å². The smallest absolute Gasteiger partial charge is 0.435 e. The monoisotopic (exact) mass is 275 g/mol. The van der Waals surface area contributed by atoms with Gasteiger partial charge in [-0.2, -0.15) is 0 Å². The molecule has 1 aliphatic heterocycles. The van der Waals surface area contributed by atoms with Crippen LogP contribution in [0.25, 0.3) is 0 Å². The number of quaternary nitrogens is 1. The summed E-state index contributed by atoms with van der Waals surface area (Å²) >= 11 is 3.59. The lowest BCUT2D eigenvalue weighted by Gasteiger charge is -2.32. The summed E-state index contributed by atoms with van der Waals surface area (Å²) in [4.78, 5) is 0. The zero-order valence-corrected chi connectivity index (χ0v) is 11.4. The molecular weight excluding hydrogens is 253 g/mol. The third kappa shape index (κ3) is 9.74. The Morgan fingerprint density at radius 2 is 1.65 bits per heavy atom. The predicted octanol–water partition coefficient (Wildman–Crippen LogP) is 3.57. The molecule has 0 atom stereocenters. The van der Waals surface area contributed by atoms with Crippen molar-refractivity contribution in [2.75, 3.05) is 33.0 Å². The van der Waals surface area contributed by atoms with Crippen molar-refractivity contribution in [3.05, 3.63) is 0 Å². The average molecular weight is 276 g/mol. The highest BCUT2D eigenvalue weighted by Gasteiger charge is 2.29. The van der Waals surface area contributed by atoms with Gasteiger partial charge in [0.05, 0.1) is 26.2 Å². The molecule has 1 aliphatic rings. The molecule has 1 saturated heterocycles. The van der Waals surface area contributed by atoms with Gasteiger partial charge in [-0.25, -0.2) is 0 Å². The lowest BCUT2D eigenvalue weighted by atomic mass is 10.4. The summed E-state index contributed by atoms with van der Waals surface area (Å²) in [5.41, 5.74) is 0. The van der Waals surface area contributed by atoms with Crippen molar-refractivity contribution in [3.63, 3.8) is 0 Å². The molecule has 0 aromatic heterocycles. The molecule has 2 nitrogen and oxygen atoms in total. The Bertz CT molecular complexity index is 192. The number of nitrogens with zero attached hydrogens (tertiary/aromatic N) is 1. The molecule has 1 rings (SSSR count). The first-order valence-corrected chi connectivity index (χ1v) is 6.57. The summed E-state index contributed by atoms with van der Waals surface area (Å²) in [6, 6.07) is 0. The van der Waals surface area contributed by atoms with Gasteiger partial charge >= 0.3 is 6.39 Å². The van der Waals surface area contributed by atoms with Crippen LogP contribution >= 0.6 is 11.5 Å². The van der Waals surface area contributed by atoms with Gasteiger partial charge in [0.1, 0.15) is 0 Å². The molecule has 0 aromatic carbocycles. The zero-order valence-electron chi connectivity index (χ0n) is 10.6. The van der Waals surface area contributed by atoms with Gasteiger partial charge in [0.15, 0.2) is 6.73 Å². The summed E-state index contributed by atoms with van der Waals surface area (Å²) in [5, 5.41) is 0. The molecule has 0 aromatic rings. The highest BCUT2D eigenvalue weighted by Crippen LogP contribution is 2.18. The quantitative estimate of drug-likeness (QED) is 0.423. The molecule has 0 unspecified atom stereocenters. The Balaban J connectivity index is 0.000000437. The summed E-state index contributed by atoms with van der Waals surface area (Å²) in [5.74, 6) is 0. The van der Waals surface area contributed by atoms with E-state index in [1.807, 2.05) is 0 Å². The first-order valence-electron chi connectivity index (χ1n) is 6.13.